The second-order valence-electron chi connectivity index (χ2n) is 17.6. The Balaban J connectivity index is 1.30. The Labute approximate surface area is 406 Å². The first kappa shape index (κ1) is 55.3. The molecule has 23 nitrogen and oxygen atoms in total. The van der Waals surface area contributed by atoms with Gasteiger partial charge in [-0.05, 0) is 62.9 Å². The van der Waals surface area contributed by atoms with E-state index in [0.717, 1.165) is 11.1 Å². The quantitative estimate of drug-likeness (QED) is 0.0312. The van der Waals surface area contributed by atoms with Gasteiger partial charge in [-0.25, -0.2) is 13.4 Å². The van der Waals surface area contributed by atoms with Crippen molar-refractivity contribution < 1.29 is 53.1 Å². The van der Waals surface area contributed by atoms with Gasteiger partial charge in [0.2, 0.25) is 21.4 Å². The summed E-state index contributed by atoms with van der Waals surface area (Å²) in [5.74, 6) is -2.21. The number of sulfonamides is 1. The molecule has 2 amide bonds. The van der Waals surface area contributed by atoms with E-state index in [1.807, 2.05) is 11.8 Å². The molecule has 384 valence electrons. The van der Waals surface area contributed by atoms with Gasteiger partial charge in [0.25, 0.3) is 5.91 Å². The third kappa shape index (κ3) is 16.7. The highest BCUT2D eigenvalue weighted by Crippen LogP contribution is 2.22. The molecule has 2 aromatic heterocycles. The summed E-state index contributed by atoms with van der Waals surface area (Å²) in [6.45, 7) is 8.70. The molecule has 0 saturated carbocycles. The Kier molecular flexibility index (Phi) is 20.5. The van der Waals surface area contributed by atoms with Gasteiger partial charge in [0.1, 0.15) is 11.3 Å². The molecule has 5 rings (SSSR count). The third-order valence-corrected chi connectivity index (χ3v) is 13.6. The monoisotopic (exact) mass is 997 g/mol. The minimum atomic E-state index is -4.20. The number of carboxylic acid groups (broad SMARTS) is 1. The van der Waals surface area contributed by atoms with E-state index in [9.17, 15) is 57.9 Å². The first-order valence-corrected chi connectivity index (χ1v) is 24.6. The first-order chi connectivity index (χ1) is 33.2. The Morgan fingerprint density at radius 2 is 1.40 bits per heavy atom. The number of aryl methyl sites for hydroxylation is 4. The average Bonchev–Trinajstić information content (AvgIpc) is 3.80. The summed E-state index contributed by atoms with van der Waals surface area (Å²) < 4.78 is 31.2. The van der Waals surface area contributed by atoms with E-state index in [2.05, 4.69) is 30.6 Å². The molecule has 1 saturated heterocycles. The lowest BCUT2D eigenvalue weighted by molar-refractivity contribution is -0.138. The molecule has 0 radical (unpaired) electrons. The lowest BCUT2D eigenvalue weighted by atomic mass is 10.1. The Morgan fingerprint density at radius 3 is 1.94 bits per heavy atom. The normalized spacial score (nSPS) is 15.7. The number of H-pyrrole nitrogens is 1. The van der Waals surface area contributed by atoms with Crippen molar-refractivity contribution in [2.24, 2.45) is 0 Å². The van der Waals surface area contributed by atoms with E-state index < -0.39 is 58.3 Å². The molecule has 1 atom stereocenters. The fourth-order valence-electron chi connectivity index (χ4n) is 8.48. The standard InChI is InChI=1S/C46H67N11O12S/c1-30-20-31(2)44(32(3)21-30)70(68,69)52-37(33(4)58)24-50-45(67)36-25-57(38-22-34(6-7-35(38)43(36)66)23-51-46-48-9-10-49-46)11-5-8-47-39(59)26-53-12-14-54(27-40(60)61)16-18-56(29-42(64)65)19-17-55(15-13-53)28-41(62)63/h6-7,9-10,20-22,25,37,40,42,52,60-61,64-65H,5,8,11-19,23-24,26-29H2,1-4H3,(H,47,59)(H,50,67)(H,62,63)(H2,48,49,51). The molecule has 3 heterocycles. The van der Waals surface area contributed by atoms with Gasteiger partial charge in [0.15, 0.2) is 18.5 Å². The molecule has 1 fully saturated rings. The lowest BCUT2D eigenvalue weighted by Crippen LogP contribution is -2.50. The number of hydrogen-bond acceptors (Lipinski definition) is 17. The molecule has 1 aliphatic rings. The summed E-state index contributed by atoms with van der Waals surface area (Å²) >= 11 is 0. The van der Waals surface area contributed by atoms with Crippen molar-refractivity contribution in [1.29, 1.82) is 0 Å². The number of fused-ring (bicyclic) bond motifs is 1. The minimum absolute atomic E-state index is 0.0318. The number of amides is 2. The van der Waals surface area contributed by atoms with Gasteiger partial charge in [-0.1, -0.05) is 23.8 Å². The highest BCUT2D eigenvalue weighted by Gasteiger charge is 2.28. The van der Waals surface area contributed by atoms with E-state index in [4.69, 9.17) is 0 Å². The smallest absolute Gasteiger partial charge is 0.317 e. The topological polar surface area (TPSA) is 315 Å². The van der Waals surface area contributed by atoms with Crippen molar-refractivity contribution in [1.82, 2.24) is 49.5 Å². The molecule has 0 aliphatic carbocycles. The van der Waals surface area contributed by atoms with E-state index in [-0.39, 0.29) is 67.6 Å². The fraction of sp³-hybridized carbons (Fsp3) is 0.522. The number of ketones is 1. The van der Waals surface area contributed by atoms with Gasteiger partial charge in [0.05, 0.1) is 29.5 Å². The van der Waals surface area contributed by atoms with Crippen LogP contribution in [0.1, 0.15) is 46.0 Å². The van der Waals surface area contributed by atoms with Crippen LogP contribution in [0.3, 0.4) is 0 Å². The predicted octanol–water partition coefficient (Wildman–Crippen LogP) is -1.64. The number of Topliss-reactive ketones (excluding diaryl/α,β-unsaturated/α-hetero) is 1. The Hall–Kier alpha value is -5.67. The van der Waals surface area contributed by atoms with Crippen LogP contribution in [0, 0.1) is 20.8 Å². The van der Waals surface area contributed by atoms with E-state index in [0.29, 0.717) is 81.4 Å². The number of aliphatic hydroxyl groups excluding tert-OH is 2. The van der Waals surface area contributed by atoms with Crippen molar-refractivity contribution in [2.75, 3.05) is 96.9 Å². The number of nitrogens with one attached hydrogen (secondary N) is 5. The van der Waals surface area contributed by atoms with Crippen molar-refractivity contribution in [3.8, 4) is 0 Å². The molecule has 1 aliphatic heterocycles. The average molecular weight is 998 g/mol. The molecule has 2 aromatic carbocycles. The fourth-order valence-corrected chi connectivity index (χ4v) is 10.2. The number of hydrogen-bond donors (Lipinski definition) is 10. The third-order valence-electron chi connectivity index (χ3n) is 11.9. The van der Waals surface area contributed by atoms with Crippen LogP contribution < -0.4 is 26.1 Å². The summed E-state index contributed by atoms with van der Waals surface area (Å²) in [6, 6.07) is 7.25. The number of pyridine rings is 1. The number of β-amino-alcohol motifs (C(OH)–C–C–N with tert-alkyl or cyclic N) is 4. The van der Waals surface area contributed by atoms with Crippen LogP contribution in [0.2, 0.25) is 0 Å². The second-order valence-corrected chi connectivity index (χ2v) is 19.3. The van der Waals surface area contributed by atoms with Crippen LogP contribution in [0.15, 0.2) is 58.6 Å². The van der Waals surface area contributed by atoms with Gasteiger partial charge in [-0.2, -0.15) is 4.72 Å². The van der Waals surface area contributed by atoms with Crippen LogP contribution in [0.25, 0.3) is 10.9 Å². The van der Waals surface area contributed by atoms with E-state index in [1.165, 1.54) is 13.1 Å². The highest BCUT2D eigenvalue weighted by atomic mass is 32.2. The maximum absolute atomic E-state index is 14.0. The number of nitrogens with zero attached hydrogens (tertiary/aromatic N) is 6. The molecule has 0 spiro atoms. The largest absolute Gasteiger partial charge is 0.480 e. The second kappa shape index (κ2) is 26.0. The number of aliphatic hydroxyl groups is 4. The van der Waals surface area contributed by atoms with Crippen LogP contribution in [0.5, 0.6) is 0 Å². The zero-order valence-electron chi connectivity index (χ0n) is 40.1. The molecule has 24 heteroatoms. The number of benzene rings is 2. The van der Waals surface area contributed by atoms with Crippen LogP contribution in [-0.2, 0) is 37.5 Å². The number of aromatic nitrogens is 3. The summed E-state index contributed by atoms with van der Waals surface area (Å²) in [4.78, 5) is 80.1. The van der Waals surface area contributed by atoms with E-state index >= 15 is 0 Å². The summed E-state index contributed by atoms with van der Waals surface area (Å²) in [7, 11) is -4.20. The van der Waals surface area contributed by atoms with Crippen molar-refractivity contribution >= 4 is 50.4 Å². The molecule has 1 unspecified atom stereocenters. The molecule has 4 aromatic rings. The molecule has 10 N–H and O–H groups in total. The summed E-state index contributed by atoms with van der Waals surface area (Å²) in [6.07, 6.45) is 1.77. The molecule has 0 bridgehead atoms. The lowest BCUT2D eigenvalue weighted by Gasteiger charge is -2.34. The number of anilines is 1. The number of aromatic amines is 1. The number of aliphatic carboxylic acids is 1. The number of imidazole rings is 1. The zero-order valence-corrected chi connectivity index (χ0v) is 40.9. The van der Waals surface area contributed by atoms with Crippen molar-refractivity contribution in [2.45, 2.75) is 70.7 Å². The van der Waals surface area contributed by atoms with E-state index in [1.54, 1.807) is 75.8 Å². The summed E-state index contributed by atoms with van der Waals surface area (Å²) in [5.41, 5.74) is 2.32. The van der Waals surface area contributed by atoms with Gasteiger partial charge < -0.3 is 51.0 Å². The van der Waals surface area contributed by atoms with Crippen LogP contribution in [0.4, 0.5) is 5.95 Å². The van der Waals surface area contributed by atoms with Crippen molar-refractivity contribution in [3.05, 3.63) is 87.0 Å². The number of carboxylic acids is 1. The first-order valence-electron chi connectivity index (χ1n) is 23.1. The number of rotatable bonds is 22. The molecule has 70 heavy (non-hydrogen) atoms. The maximum Gasteiger partial charge on any atom is 0.317 e. The number of carbonyl (C=O) groups excluding carboxylic acids is 3. The summed E-state index contributed by atoms with van der Waals surface area (Å²) in [5, 5.41) is 57.3. The van der Waals surface area contributed by atoms with Crippen molar-refractivity contribution in [3.63, 3.8) is 0 Å². The minimum Gasteiger partial charge on any atom is -0.480 e. The maximum atomic E-state index is 14.0. The Morgan fingerprint density at radius 1 is 0.814 bits per heavy atom. The van der Waals surface area contributed by atoms with Crippen LogP contribution >= 0.6 is 0 Å². The zero-order chi connectivity index (χ0) is 51.1. The van der Waals surface area contributed by atoms with Gasteiger partial charge >= 0.3 is 5.97 Å². The van der Waals surface area contributed by atoms with Crippen LogP contribution in [-0.4, -0.2) is 202 Å². The number of carbonyl (C=O) groups is 4. The predicted molar refractivity (Wildman–Crippen MR) is 259 cm³/mol. The van der Waals surface area contributed by atoms with Gasteiger partial charge in [0, 0.05) is 116 Å². The SMILES string of the molecule is CC(=O)C(CNC(=O)c1cn(CCCNC(=O)CN2CCN(CC(=O)O)CCN(CC(O)O)CCN(CC(O)O)CC2)c2cc(CNc3ncc[nH]3)ccc2c1=O)NS(=O)(=O)c1c(C)cc(C)cc1C. The highest BCUT2D eigenvalue weighted by molar-refractivity contribution is 7.89. The molecular formula is C46H67N11O12S. The van der Waals surface area contributed by atoms with Gasteiger partial charge in [-0.3, -0.25) is 43.6 Å². The Bertz CT molecular complexity index is 2570. The molecular weight excluding hydrogens is 931 g/mol. The van der Waals surface area contributed by atoms with Gasteiger partial charge in [-0.15, -0.1) is 0 Å².